The SMILES string of the molecule is COc1ccc(OC2CCN(C(=O)CCC(=O)c3ccccc3)C2)nn1. The minimum atomic E-state index is -0.119. The lowest BCUT2D eigenvalue weighted by molar-refractivity contribution is -0.130. The molecule has 7 heteroatoms. The van der Waals surface area contributed by atoms with E-state index < -0.39 is 0 Å². The summed E-state index contributed by atoms with van der Waals surface area (Å²) in [6.45, 7) is 1.11. The molecule has 7 nitrogen and oxygen atoms in total. The van der Waals surface area contributed by atoms with Gasteiger partial charge in [-0.2, -0.15) is 0 Å². The molecule has 3 rings (SSSR count). The third kappa shape index (κ3) is 4.56. The fraction of sp³-hybridized carbons (Fsp3) is 0.368. The van der Waals surface area contributed by atoms with Gasteiger partial charge in [-0.25, -0.2) is 0 Å². The van der Waals surface area contributed by atoms with Crippen molar-refractivity contribution in [3.8, 4) is 11.8 Å². The molecule has 1 unspecified atom stereocenters. The number of methoxy groups -OCH3 is 1. The second kappa shape index (κ2) is 8.42. The number of likely N-dealkylation sites (tertiary alicyclic amines) is 1. The van der Waals surface area contributed by atoms with Crippen LogP contribution in [0, 0.1) is 0 Å². The van der Waals surface area contributed by atoms with Gasteiger partial charge in [-0.3, -0.25) is 9.59 Å². The summed E-state index contributed by atoms with van der Waals surface area (Å²) < 4.78 is 10.7. The van der Waals surface area contributed by atoms with Crippen molar-refractivity contribution in [2.75, 3.05) is 20.2 Å². The van der Waals surface area contributed by atoms with Crippen molar-refractivity contribution >= 4 is 11.7 Å². The summed E-state index contributed by atoms with van der Waals surface area (Å²) in [6.07, 6.45) is 1.04. The fourth-order valence-corrected chi connectivity index (χ4v) is 2.85. The molecule has 0 radical (unpaired) electrons. The van der Waals surface area contributed by atoms with Crippen LogP contribution in [0.5, 0.6) is 11.8 Å². The number of benzene rings is 1. The fourth-order valence-electron chi connectivity index (χ4n) is 2.85. The molecular weight excluding hydrogens is 334 g/mol. The largest absolute Gasteiger partial charge is 0.480 e. The van der Waals surface area contributed by atoms with Crippen LogP contribution in [0.1, 0.15) is 29.6 Å². The molecule has 1 fully saturated rings. The van der Waals surface area contributed by atoms with Gasteiger partial charge in [0.15, 0.2) is 5.78 Å². The predicted octanol–water partition coefficient (Wildman–Crippen LogP) is 2.13. The van der Waals surface area contributed by atoms with E-state index in [2.05, 4.69) is 10.2 Å². The smallest absolute Gasteiger partial charge is 0.233 e. The van der Waals surface area contributed by atoms with E-state index in [9.17, 15) is 9.59 Å². The number of ether oxygens (including phenoxy) is 2. The van der Waals surface area contributed by atoms with Crippen molar-refractivity contribution in [1.29, 1.82) is 0 Å². The Morgan fingerprint density at radius 2 is 1.81 bits per heavy atom. The maximum Gasteiger partial charge on any atom is 0.233 e. The number of carbonyl (C=O) groups excluding carboxylic acids is 2. The molecule has 0 N–H and O–H groups in total. The number of rotatable bonds is 7. The quantitative estimate of drug-likeness (QED) is 0.708. The zero-order chi connectivity index (χ0) is 18.4. The van der Waals surface area contributed by atoms with Gasteiger partial charge in [-0.1, -0.05) is 30.3 Å². The third-order valence-electron chi connectivity index (χ3n) is 4.27. The minimum Gasteiger partial charge on any atom is -0.480 e. The molecule has 136 valence electrons. The highest BCUT2D eigenvalue weighted by molar-refractivity contribution is 5.97. The van der Waals surface area contributed by atoms with Crippen LogP contribution in [0.25, 0.3) is 0 Å². The van der Waals surface area contributed by atoms with Gasteiger partial charge >= 0.3 is 0 Å². The van der Waals surface area contributed by atoms with Gasteiger partial charge in [0.1, 0.15) is 6.10 Å². The molecule has 0 aliphatic carbocycles. The number of hydrogen-bond donors (Lipinski definition) is 0. The van der Waals surface area contributed by atoms with Crippen LogP contribution in [-0.2, 0) is 4.79 Å². The van der Waals surface area contributed by atoms with E-state index >= 15 is 0 Å². The molecule has 2 aromatic rings. The first-order chi connectivity index (χ1) is 12.7. The molecule has 1 aromatic carbocycles. The topological polar surface area (TPSA) is 81.6 Å². The molecule has 1 atom stereocenters. The van der Waals surface area contributed by atoms with Gasteiger partial charge in [-0.15, -0.1) is 10.2 Å². The number of ketones is 1. The van der Waals surface area contributed by atoms with Gasteiger partial charge in [-0.05, 0) is 0 Å². The second-order valence-corrected chi connectivity index (χ2v) is 6.07. The van der Waals surface area contributed by atoms with Crippen molar-refractivity contribution in [3.05, 3.63) is 48.0 Å². The number of carbonyl (C=O) groups is 2. The summed E-state index contributed by atoms with van der Waals surface area (Å²) in [6, 6.07) is 12.4. The van der Waals surface area contributed by atoms with Gasteiger partial charge in [0, 0.05) is 43.5 Å². The van der Waals surface area contributed by atoms with Gasteiger partial charge < -0.3 is 14.4 Å². The van der Waals surface area contributed by atoms with Crippen LogP contribution < -0.4 is 9.47 Å². The maximum absolute atomic E-state index is 12.3. The summed E-state index contributed by atoms with van der Waals surface area (Å²) in [5.41, 5.74) is 0.640. The predicted molar refractivity (Wildman–Crippen MR) is 94.2 cm³/mol. The van der Waals surface area contributed by atoms with E-state index in [0.29, 0.717) is 30.4 Å². The van der Waals surface area contributed by atoms with E-state index in [1.165, 1.54) is 7.11 Å². The zero-order valence-electron chi connectivity index (χ0n) is 14.6. The maximum atomic E-state index is 12.3. The van der Waals surface area contributed by atoms with Gasteiger partial charge in [0.25, 0.3) is 0 Å². The summed E-state index contributed by atoms with van der Waals surface area (Å²) in [4.78, 5) is 26.2. The Labute approximate surface area is 151 Å². The van der Waals surface area contributed by atoms with Crippen LogP contribution in [0.2, 0.25) is 0 Å². The lowest BCUT2D eigenvalue weighted by Crippen LogP contribution is -2.31. The lowest BCUT2D eigenvalue weighted by Gasteiger charge is -2.16. The Balaban J connectivity index is 1.45. The second-order valence-electron chi connectivity index (χ2n) is 6.07. The normalized spacial score (nSPS) is 16.3. The first kappa shape index (κ1) is 17.8. The van der Waals surface area contributed by atoms with Crippen LogP contribution in [0.4, 0.5) is 0 Å². The Morgan fingerprint density at radius 3 is 2.50 bits per heavy atom. The summed E-state index contributed by atoms with van der Waals surface area (Å²) in [7, 11) is 1.52. The number of Topliss-reactive ketones (excluding diaryl/α,β-unsaturated/α-hetero) is 1. The standard InChI is InChI=1S/C19H21N3O4/c1-25-17-8-9-18(21-20-17)26-15-11-12-22(13-15)19(24)10-7-16(23)14-5-3-2-4-6-14/h2-6,8-9,15H,7,10-13H2,1H3. The summed E-state index contributed by atoms with van der Waals surface area (Å²) in [5, 5.41) is 7.79. The van der Waals surface area contributed by atoms with E-state index in [1.807, 2.05) is 18.2 Å². The highest BCUT2D eigenvalue weighted by atomic mass is 16.5. The van der Waals surface area contributed by atoms with Crippen molar-refractivity contribution in [2.45, 2.75) is 25.4 Å². The molecule has 2 heterocycles. The highest BCUT2D eigenvalue weighted by Crippen LogP contribution is 2.18. The Hall–Kier alpha value is -2.96. The molecule has 1 aromatic heterocycles. The van der Waals surface area contributed by atoms with E-state index in [4.69, 9.17) is 9.47 Å². The monoisotopic (exact) mass is 355 g/mol. The lowest BCUT2D eigenvalue weighted by atomic mass is 10.1. The molecule has 1 saturated heterocycles. The number of aromatic nitrogens is 2. The van der Waals surface area contributed by atoms with Crippen LogP contribution in [-0.4, -0.2) is 53.1 Å². The Kier molecular flexibility index (Phi) is 5.78. The van der Waals surface area contributed by atoms with Gasteiger partial charge in [0.2, 0.25) is 17.7 Å². The van der Waals surface area contributed by atoms with E-state index in [1.54, 1.807) is 29.2 Å². The van der Waals surface area contributed by atoms with Crippen LogP contribution in [0.3, 0.4) is 0 Å². The summed E-state index contributed by atoms with van der Waals surface area (Å²) in [5.74, 6) is 0.786. The summed E-state index contributed by atoms with van der Waals surface area (Å²) >= 11 is 0. The molecule has 26 heavy (non-hydrogen) atoms. The molecule has 0 saturated carbocycles. The first-order valence-corrected chi connectivity index (χ1v) is 8.56. The molecule has 0 spiro atoms. The number of amides is 1. The van der Waals surface area contributed by atoms with Crippen LogP contribution in [0.15, 0.2) is 42.5 Å². The Morgan fingerprint density at radius 1 is 1.08 bits per heavy atom. The molecular formula is C19H21N3O4. The highest BCUT2D eigenvalue weighted by Gasteiger charge is 2.28. The molecule has 1 amide bonds. The average Bonchev–Trinajstić information content (AvgIpc) is 3.15. The van der Waals surface area contributed by atoms with E-state index in [0.717, 1.165) is 6.42 Å². The molecule has 1 aliphatic heterocycles. The van der Waals surface area contributed by atoms with Gasteiger partial charge in [0.05, 0.1) is 13.7 Å². The van der Waals surface area contributed by atoms with Crippen LogP contribution >= 0.6 is 0 Å². The average molecular weight is 355 g/mol. The zero-order valence-corrected chi connectivity index (χ0v) is 14.6. The Bertz CT molecular complexity index is 749. The molecule has 0 bridgehead atoms. The van der Waals surface area contributed by atoms with Crippen molar-refractivity contribution in [1.82, 2.24) is 15.1 Å². The molecule has 1 aliphatic rings. The number of nitrogens with zero attached hydrogens (tertiary/aromatic N) is 3. The third-order valence-corrected chi connectivity index (χ3v) is 4.27. The van der Waals surface area contributed by atoms with E-state index in [-0.39, 0.29) is 30.6 Å². The minimum absolute atomic E-state index is 0.0144. The van der Waals surface area contributed by atoms with Crippen molar-refractivity contribution in [2.24, 2.45) is 0 Å². The van der Waals surface area contributed by atoms with Crippen molar-refractivity contribution < 1.29 is 19.1 Å². The van der Waals surface area contributed by atoms with Crippen molar-refractivity contribution in [3.63, 3.8) is 0 Å². The first-order valence-electron chi connectivity index (χ1n) is 8.56. The number of hydrogen-bond acceptors (Lipinski definition) is 6.